The van der Waals surface area contributed by atoms with Gasteiger partial charge in [-0.3, -0.25) is 9.78 Å². The number of pyridine rings is 1. The van der Waals surface area contributed by atoms with Gasteiger partial charge in [-0.05, 0) is 6.07 Å². The van der Waals surface area contributed by atoms with Crippen LogP contribution in [0.15, 0.2) is 24.4 Å². The third kappa shape index (κ3) is 3.69. The van der Waals surface area contributed by atoms with E-state index < -0.39 is 12.1 Å². The van der Waals surface area contributed by atoms with Crippen LogP contribution in [-0.4, -0.2) is 28.0 Å². The molecule has 1 aliphatic rings. The zero-order valence-electron chi connectivity index (χ0n) is 8.94. The first-order valence-electron chi connectivity index (χ1n) is 4.77. The van der Waals surface area contributed by atoms with Gasteiger partial charge in [-0.1, -0.05) is 18.2 Å². The minimum Gasteiger partial charge on any atom is -0.475 e. The molecule has 1 N–H and O–H groups in total. The second-order valence-electron chi connectivity index (χ2n) is 3.27. The van der Waals surface area contributed by atoms with Crippen LogP contribution in [0.25, 0.3) is 6.08 Å². The van der Waals surface area contributed by atoms with E-state index in [1.54, 1.807) is 6.20 Å². The number of halogens is 3. The first-order valence-corrected chi connectivity index (χ1v) is 4.77. The van der Waals surface area contributed by atoms with Gasteiger partial charge >= 0.3 is 12.1 Å². The molecule has 0 aromatic carbocycles. The lowest BCUT2D eigenvalue weighted by Gasteiger charge is -2.05. The van der Waals surface area contributed by atoms with Gasteiger partial charge < -0.3 is 5.11 Å². The number of hydrogen-bond acceptors (Lipinski definition) is 3. The molecule has 1 heterocycles. The van der Waals surface area contributed by atoms with Gasteiger partial charge in [0.15, 0.2) is 5.78 Å². The van der Waals surface area contributed by atoms with Crippen LogP contribution in [-0.2, 0) is 4.79 Å². The van der Waals surface area contributed by atoms with Gasteiger partial charge in [-0.25, -0.2) is 4.79 Å². The molecule has 0 spiro atoms. The molecule has 0 amide bonds. The molecule has 4 nitrogen and oxygen atoms in total. The van der Waals surface area contributed by atoms with Crippen LogP contribution in [0.1, 0.15) is 22.5 Å². The minimum absolute atomic E-state index is 0.114. The Bertz CT molecular complexity index is 495. The summed E-state index contributed by atoms with van der Waals surface area (Å²) in [5, 5.41) is 7.12. The van der Waals surface area contributed by atoms with E-state index in [2.05, 4.69) is 4.98 Å². The molecule has 0 fully saturated rings. The molecule has 1 aromatic heterocycles. The number of hydrogen-bond donors (Lipinski definition) is 1. The lowest BCUT2D eigenvalue weighted by Crippen LogP contribution is -2.21. The lowest BCUT2D eigenvalue weighted by atomic mass is 10.0. The monoisotopic (exact) mass is 259 g/mol. The summed E-state index contributed by atoms with van der Waals surface area (Å²) in [7, 11) is 0. The molecule has 2 rings (SSSR count). The maximum absolute atomic E-state index is 11.2. The fourth-order valence-electron chi connectivity index (χ4n) is 1.17. The Labute approximate surface area is 99.8 Å². The average Bonchev–Trinajstić information content (AvgIpc) is 2.29. The van der Waals surface area contributed by atoms with E-state index in [1.165, 1.54) is 0 Å². The van der Waals surface area contributed by atoms with Crippen molar-refractivity contribution >= 4 is 17.8 Å². The number of carboxylic acids is 1. The van der Waals surface area contributed by atoms with Crippen LogP contribution in [0.4, 0.5) is 13.2 Å². The topological polar surface area (TPSA) is 67.3 Å². The highest BCUT2D eigenvalue weighted by atomic mass is 19.4. The summed E-state index contributed by atoms with van der Waals surface area (Å²) in [4.78, 5) is 24.1. The Morgan fingerprint density at radius 3 is 2.50 bits per heavy atom. The van der Waals surface area contributed by atoms with Gasteiger partial charge in [-0.2, -0.15) is 13.2 Å². The van der Waals surface area contributed by atoms with E-state index in [9.17, 15) is 18.0 Å². The second kappa shape index (κ2) is 5.44. The highest BCUT2D eigenvalue weighted by Gasteiger charge is 2.38. The highest BCUT2D eigenvalue weighted by Crippen LogP contribution is 2.15. The van der Waals surface area contributed by atoms with Crippen molar-refractivity contribution in [2.45, 2.75) is 12.6 Å². The zero-order chi connectivity index (χ0) is 13.8. The van der Waals surface area contributed by atoms with Crippen molar-refractivity contribution in [3.8, 4) is 0 Å². The Kier molecular flexibility index (Phi) is 4.19. The summed E-state index contributed by atoms with van der Waals surface area (Å²) in [5.74, 6) is -2.64. The number of carboxylic acid groups (broad SMARTS) is 1. The van der Waals surface area contributed by atoms with E-state index in [0.29, 0.717) is 12.1 Å². The number of alkyl halides is 3. The van der Waals surface area contributed by atoms with E-state index in [0.717, 1.165) is 5.56 Å². The van der Waals surface area contributed by atoms with Crippen LogP contribution in [0.2, 0.25) is 0 Å². The van der Waals surface area contributed by atoms with Gasteiger partial charge in [0, 0.05) is 18.2 Å². The number of carbonyl (C=O) groups is 2. The molecule has 96 valence electrons. The largest absolute Gasteiger partial charge is 0.490 e. The Morgan fingerprint density at radius 2 is 2.00 bits per heavy atom. The summed E-state index contributed by atoms with van der Waals surface area (Å²) < 4.78 is 31.7. The number of Topliss-reactive ketones (excluding diaryl/α,β-unsaturated/α-hetero) is 1. The number of rotatable bonds is 0. The number of aromatic nitrogens is 1. The van der Waals surface area contributed by atoms with Crippen molar-refractivity contribution in [1.82, 2.24) is 4.98 Å². The quantitative estimate of drug-likeness (QED) is 0.776. The SMILES string of the molecule is O=C(O)C(F)(F)F.O=C1CC=Cc2cccnc21. The molecule has 0 atom stereocenters. The van der Waals surface area contributed by atoms with E-state index in [4.69, 9.17) is 9.90 Å². The van der Waals surface area contributed by atoms with Gasteiger partial charge in [-0.15, -0.1) is 0 Å². The fraction of sp³-hybridized carbons (Fsp3) is 0.182. The van der Waals surface area contributed by atoms with E-state index in [1.807, 2.05) is 24.3 Å². The molecular formula is C11H8F3NO3. The molecule has 0 unspecified atom stereocenters. The molecule has 0 aliphatic heterocycles. The Hall–Kier alpha value is -2.18. The standard InChI is InChI=1S/C9H7NO.C2HF3O2/c11-8-5-1-3-7-4-2-6-10-9(7)8;3-2(4,5)1(6)7/h1-4,6H,5H2;(H,6,7). The maximum Gasteiger partial charge on any atom is 0.490 e. The van der Waals surface area contributed by atoms with Crippen LogP contribution in [0, 0.1) is 0 Å². The van der Waals surface area contributed by atoms with Crippen molar-refractivity contribution in [2.75, 3.05) is 0 Å². The average molecular weight is 259 g/mol. The van der Waals surface area contributed by atoms with Crippen molar-refractivity contribution < 1.29 is 27.9 Å². The van der Waals surface area contributed by atoms with E-state index >= 15 is 0 Å². The highest BCUT2D eigenvalue weighted by molar-refractivity contribution is 6.00. The van der Waals surface area contributed by atoms with Crippen molar-refractivity contribution in [1.29, 1.82) is 0 Å². The molecule has 0 saturated carbocycles. The number of nitrogens with zero attached hydrogens (tertiary/aromatic N) is 1. The zero-order valence-corrected chi connectivity index (χ0v) is 8.94. The third-order valence-electron chi connectivity index (χ3n) is 1.95. The molecule has 18 heavy (non-hydrogen) atoms. The number of carbonyl (C=O) groups excluding carboxylic acids is 1. The number of allylic oxidation sites excluding steroid dienone is 1. The molecular weight excluding hydrogens is 251 g/mol. The molecule has 1 aliphatic carbocycles. The molecule has 0 bridgehead atoms. The Balaban J connectivity index is 0.000000203. The van der Waals surface area contributed by atoms with Gasteiger partial charge in [0.1, 0.15) is 5.69 Å². The third-order valence-corrected chi connectivity index (χ3v) is 1.95. The second-order valence-corrected chi connectivity index (χ2v) is 3.27. The summed E-state index contributed by atoms with van der Waals surface area (Å²) in [6, 6.07) is 3.73. The van der Waals surface area contributed by atoms with Crippen molar-refractivity contribution in [3.63, 3.8) is 0 Å². The van der Waals surface area contributed by atoms with Crippen LogP contribution < -0.4 is 0 Å². The number of ketones is 1. The maximum atomic E-state index is 11.2. The summed E-state index contributed by atoms with van der Waals surface area (Å²) in [6.45, 7) is 0. The fourth-order valence-corrected chi connectivity index (χ4v) is 1.17. The minimum atomic E-state index is -5.08. The van der Waals surface area contributed by atoms with Crippen LogP contribution in [0.3, 0.4) is 0 Å². The van der Waals surface area contributed by atoms with Gasteiger partial charge in [0.05, 0.1) is 0 Å². The van der Waals surface area contributed by atoms with Gasteiger partial charge in [0.2, 0.25) is 0 Å². The Morgan fingerprint density at radius 1 is 1.39 bits per heavy atom. The first kappa shape index (κ1) is 13.9. The van der Waals surface area contributed by atoms with Gasteiger partial charge in [0.25, 0.3) is 0 Å². The predicted molar refractivity (Wildman–Crippen MR) is 55.9 cm³/mol. The predicted octanol–water partition coefficient (Wildman–Crippen LogP) is 2.31. The van der Waals surface area contributed by atoms with Crippen LogP contribution in [0.5, 0.6) is 0 Å². The van der Waals surface area contributed by atoms with Crippen molar-refractivity contribution in [3.05, 3.63) is 35.7 Å². The normalized spacial score (nSPS) is 13.4. The smallest absolute Gasteiger partial charge is 0.475 e. The molecule has 0 radical (unpaired) electrons. The summed E-state index contributed by atoms with van der Waals surface area (Å²) in [6.07, 6.45) is 0.857. The number of aliphatic carboxylic acids is 1. The van der Waals surface area contributed by atoms with E-state index in [-0.39, 0.29) is 5.78 Å². The lowest BCUT2D eigenvalue weighted by molar-refractivity contribution is -0.192. The molecule has 7 heteroatoms. The number of fused-ring (bicyclic) bond motifs is 1. The molecule has 0 saturated heterocycles. The summed E-state index contributed by atoms with van der Waals surface area (Å²) >= 11 is 0. The first-order chi connectivity index (χ1) is 8.32. The van der Waals surface area contributed by atoms with Crippen LogP contribution >= 0.6 is 0 Å². The summed E-state index contributed by atoms with van der Waals surface area (Å²) in [5.41, 5.74) is 1.54. The van der Waals surface area contributed by atoms with Crippen molar-refractivity contribution in [2.24, 2.45) is 0 Å². The molecule has 1 aromatic rings.